The van der Waals surface area contributed by atoms with Crippen LogP contribution in [0.4, 0.5) is 0 Å². The molecule has 1 atom stereocenters. The van der Waals surface area contributed by atoms with Gasteiger partial charge in [-0.2, -0.15) is 0 Å². The number of hydrogen-bond donors (Lipinski definition) is 0. The van der Waals surface area contributed by atoms with Crippen LogP contribution in [0.15, 0.2) is 48.5 Å². The molecule has 1 heteroatoms. The number of nitrogens with zero attached hydrogens (tertiary/aromatic N) is 1. The van der Waals surface area contributed by atoms with E-state index < -0.39 is 0 Å². The highest BCUT2D eigenvalue weighted by atomic mass is 15.0. The van der Waals surface area contributed by atoms with Gasteiger partial charge in [-0.05, 0) is 68.1 Å². The zero-order valence-corrected chi connectivity index (χ0v) is 13.6. The molecule has 0 N–H and O–H groups in total. The molecule has 22 heavy (non-hydrogen) atoms. The minimum absolute atomic E-state index is 0.625. The van der Waals surface area contributed by atoms with E-state index >= 15 is 0 Å². The van der Waals surface area contributed by atoms with E-state index in [9.17, 15) is 0 Å². The van der Waals surface area contributed by atoms with Crippen LogP contribution in [-0.2, 0) is 0 Å². The Morgan fingerprint density at radius 2 is 1.41 bits per heavy atom. The lowest BCUT2D eigenvalue weighted by Crippen LogP contribution is -2.32. The van der Waals surface area contributed by atoms with Crippen LogP contribution in [0, 0.1) is 5.92 Å². The van der Waals surface area contributed by atoms with E-state index in [1.807, 2.05) is 0 Å². The molecule has 3 aliphatic rings. The zero-order chi connectivity index (χ0) is 15.1. The highest BCUT2D eigenvalue weighted by molar-refractivity contribution is 5.55. The van der Waals surface area contributed by atoms with Gasteiger partial charge in [-0.25, -0.2) is 0 Å². The predicted octanol–water partition coefficient (Wildman–Crippen LogP) is 4.63. The Hall–Kier alpha value is -1.60. The summed E-state index contributed by atoms with van der Waals surface area (Å²) < 4.78 is 0. The summed E-state index contributed by atoms with van der Waals surface area (Å²) >= 11 is 0. The molecule has 0 aliphatic heterocycles. The van der Waals surface area contributed by atoms with Crippen molar-refractivity contribution in [1.82, 2.24) is 4.90 Å². The van der Waals surface area contributed by atoms with Gasteiger partial charge >= 0.3 is 0 Å². The molecule has 0 spiro atoms. The fourth-order valence-electron chi connectivity index (χ4n) is 4.71. The molecular formula is C21H25N. The molecule has 0 radical (unpaired) electrons. The van der Waals surface area contributed by atoms with Crippen LogP contribution in [0.5, 0.6) is 0 Å². The first-order chi connectivity index (χ1) is 10.8. The molecule has 0 fully saturated rings. The summed E-state index contributed by atoms with van der Waals surface area (Å²) in [5, 5.41) is 0. The standard InChI is InChI=1S/C21H25N/c1-22(2)13-7-8-15-14-20-16-9-3-5-11-18(16)21(15)19-12-6-4-10-17(19)20/h3-6,9-12,15,20-21H,7-8,13-14H2,1-2H3. The Morgan fingerprint density at radius 1 is 0.864 bits per heavy atom. The molecule has 114 valence electrons. The molecule has 0 aromatic heterocycles. The Balaban J connectivity index is 1.70. The second-order valence-electron chi connectivity index (χ2n) is 7.23. The summed E-state index contributed by atoms with van der Waals surface area (Å²) in [7, 11) is 4.36. The molecule has 5 rings (SSSR count). The van der Waals surface area contributed by atoms with Gasteiger partial charge in [-0.1, -0.05) is 48.5 Å². The Morgan fingerprint density at radius 3 is 1.95 bits per heavy atom. The molecule has 2 aromatic carbocycles. The van der Waals surface area contributed by atoms with E-state index in [0.717, 1.165) is 5.92 Å². The van der Waals surface area contributed by atoms with Crippen molar-refractivity contribution < 1.29 is 0 Å². The first-order valence-corrected chi connectivity index (χ1v) is 8.58. The van der Waals surface area contributed by atoms with Gasteiger partial charge in [0.2, 0.25) is 0 Å². The molecule has 1 unspecified atom stereocenters. The molecule has 0 saturated heterocycles. The van der Waals surface area contributed by atoms with Crippen molar-refractivity contribution in [2.24, 2.45) is 5.92 Å². The lowest BCUT2D eigenvalue weighted by molar-refractivity contribution is 0.304. The van der Waals surface area contributed by atoms with Crippen LogP contribution in [0.1, 0.15) is 53.4 Å². The van der Waals surface area contributed by atoms with Crippen molar-refractivity contribution in [3.05, 3.63) is 70.8 Å². The van der Waals surface area contributed by atoms with Gasteiger partial charge in [0.05, 0.1) is 0 Å². The largest absolute Gasteiger partial charge is 0.309 e. The smallest absolute Gasteiger partial charge is 0.0124 e. The van der Waals surface area contributed by atoms with Gasteiger partial charge in [-0.15, -0.1) is 0 Å². The quantitative estimate of drug-likeness (QED) is 0.794. The highest BCUT2D eigenvalue weighted by Crippen LogP contribution is 2.56. The summed E-state index contributed by atoms with van der Waals surface area (Å²) in [6.07, 6.45) is 4.00. The monoisotopic (exact) mass is 291 g/mol. The van der Waals surface area contributed by atoms with Crippen LogP contribution in [0.2, 0.25) is 0 Å². The molecule has 3 aliphatic carbocycles. The average molecular weight is 291 g/mol. The molecule has 0 heterocycles. The van der Waals surface area contributed by atoms with Crippen molar-refractivity contribution in [2.75, 3.05) is 20.6 Å². The first kappa shape index (κ1) is 14.0. The van der Waals surface area contributed by atoms with E-state index in [4.69, 9.17) is 0 Å². The van der Waals surface area contributed by atoms with Crippen molar-refractivity contribution in [3.8, 4) is 0 Å². The molecule has 2 aromatic rings. The van der Waals surface area contributed by atoms with Gasteiger partial charge < -0.3 is 4.90 Å². The summed E-state index contributed by atoms with van der Waals surface area (Å²) in [6, 6.07) is 18.3. The van der Waals surface area contributed by atoms with E-state index in [2.05, 4.69) is 67.5 Å². The van der Waals surface area contributed by atoms with Crippen LogP contribution >= 0.6 is 0 Å². The number of hydrogen-bond acceptors (Lipinski definition) is 1. The van der Waals surface area contributed by atoms with Gasteiger partial charge in [0.15, 0.2) is 0 Å². The van der Waals surface area contributed by atoms with Crippen LogP contribution in [-0.4, -0.2) is 25.5 Å². The minimum Gasteiger partial charge on any atom is -0.309 e. The molecule has 0 amide bonds. The van der Waals surface area contributed by atoms with Crippen molar-refractivity contribution in [2.45, 2.75) is 31.1 Å². The zero-order valence-electron chi connectivity index (χ0n) is 13.6. The fraction of sp³-hybridized carbons (Fsp3) is 0.429. The van der Waals surface area contributed by atoms with Crippen LogP contribution < -0.4 is 0 Å². The average Bonchev–Trinajstić information content (AvgIpc) is 2.55. The molecule has 1 nitrogen and oxygen atoms in total. The van der Waals surface area contributed by atoms with E-state index in [-0.39, 0.29) is 0 Å². The topological polar surface area (TPSA) is 3.24 Å². The number of benzene rings is 2. The van der Waals surface area contributed by atoms with Crippen LogP contribution in [0.25, 0.3) is 0 Å². The van der Waals surface area contributed by atoms with E-state index in [1.54, 1.807) is 22.3 Å². The van der Waals surface area contributed by atoms with Crippen molar-refractivity contribution >= 4 is 0 Å². The molecular weight excluding hydrogens is 266 g/mol. The maximum absolute atomic E-state index is 2.38. The third-order valence-electron chi connectivity index (χ3n) is 5.60. The van der Waals surface area contributed by atoms with Gasteiger partial charge in [0.25, 0.3) is 0 Å². The second-order valence-corrected chi connectivity index (χ2v) is 7.23. The summed E-state index contributed by atoms with van der Waals surface area (Å²) in [6.45, 7) is 1.21. The second kappa shape index (κ2) is 5.55. The SMILES string of the molecule is CN(C)CCCC1CC2c3ccccc3C1c1ccccc12. The summed E-state index contributed by atoms with van der Waals surface area (Å²) in [5.41, 5.74) is 6.39. The van der Waals surface area contributed by atoms with Gasteiger partial charge in [0, 0.05) is 11.8 Å². The first-order valence-electron chi connectivity index (χ1n) is 8.58. The molecule has 2 bridgehead atoms. The van der Waals surface area contributed by atoms with E-state index in [0.29, 0.717) is 11.8 Å². The van der Waals surface area contributed by atoms with Gasteiger partial charge in [0.1, 0.15) is 0 Å². The van der Waals surface area contributed by atoms with Crippen molar-refractivity contribution in [1.29, 1.82) is 0 Å². The lowest BCUT2D eigenvalue weighted by atomic mass is 9.58. The predicted molar refractivity (Wildman–Crippen MR) is 92.5 cm³/mol. The maximum Gasteiger partial charge on any atom is 0.0124 e. The van der Waals surface area contributed by atoms with E-state index in [1.165, 1.54) is 25.8 Å². The Kier molecular flexibility index (Phi) is 3.54. The molecule has 0 saturated carbocycles. The third-order valence-corrected chi connectivity index (χ3v) is 5.60. The summed E-state index contributed by atoms with van der Waals surface area (Å²) in [4.78, 5) is 2.31. The number of rotatable bonds is 4. The Bertz CT molecular complexity index is 626. The normalized spacial score (nSPS) is 25.1. The maximum atomic E-state index is 2.38. The minimum atomic E-state index is 0.625. The Labute approximate surface area is 134 Å². The van der Waals surface area contributed by atoms with Crippen LogP contribution in [0.3, 0.4) is 0 Å². The van der Waals surface area contributed by atoms with Crippen molar-refractivity contribution in [3.63, 3.8) is 0 Å². The number of fused-ring (bicyclic) bond motifs is 1. The van der Waals surface area contributed by atoms with Gasteiger partial charge in [-0.3, -0.25) is 0 Å². The third kappa shape index (κ3) is 2.19. The lowest BCUT2D eigenvalue weighted by Gasteiger charge is -2.45. The fourth-order valence-corrected chi connectivity index (χ4v) is 4.71. The highest BCUT2D eigenvalue weighted by Gasteiger charge is 2.42. The summed E-state index contributed by atoms with van der Waals surface area (Å²) in [5.74, 6) is 2.07.